The fraction of sp³-hybridized carbons (Fsp3) is 0.667. The first kappa shape index (κ1) is 14.8. The molecule has 76 valence electrons. The van der Waals surface area contributed by atoms with E-state index in [2.05, 4.69) is 5.92 Å². The molecule has 0 saturated carbocycles. The number of carboxylic acid groups (broad SMARTS) is 1. The Balaban J connectivity index is 0. The van der Waals surface area contributed by atoms with Crippen molar-refractivity contribution in [2.75, 3.05) is 27.2 Å². The molecule has 0 aliphatic carbocycles. The van der Waals surface area contributed by atoms with Gasteiger partial charge in [0.05, 0.1) is 20.6 Å². The number of carbonyl (C=O) groups is 1. The van der Waals surface area contributed by atoms with Gasteiger partial charge in [0, 0.05) is 0 Å². The van der Waals surface area contributed by atoms with Crippen LogP contribution in [0.4, 0.5) is 0 Å². The lowest BCUT2D eigenvalue weighted by Crippen LogP contribution is -3.00. The SMILES string of the molecule is C#CC[N+](C)(C)C[C@@H](C)C(=O)O.[Cl-]. The van der Waals surface area contributed by atoms with E-state index in [0.717, 1.165) is 0 Å². The molecule has 0 aliphatic rings. The number of nitrogens with zero attached hydrogens (tertiary/aromatic N) is 1. The normalized spacial score (nSPS) is 12.5. The molecule has 0 radical (unpaired) electrons. The first-order valence-corrected chi connectivity index (χ1v) is 3.87. The van der Waals surface area contributed by atoms with E-state index in [1.807, 2.05) is 14.1 Å². The maximum absolute atomic E-state index is 10.5. The van der Waals surface area contributed by atoms with Crippen LogP contribution >= 0.6 is 0 Å². The van der Waals surface area contributed by atoms with Crippen molar-refractivity contribution in [1.82, 2.24) is 0 Å². The topological polar surface area (TPSA) is 37.3 Å². The summed E-state index contributed by atoms with van der Waals surface area (Å²) in [7, 11) is 3.86. The number of halogens is 1. The predicted octanol–water partition coefficient (Wildman–Crippen LogP) is -2.58. The fourth-order valence-corrected chi connectivity index (χ4v) is 1.13. The molecule has 0 aromatic rings. The van der Waals surface area contributed by atoms with Crippen LogP contribution in [-0.4, -0.2) is 42.7 Å². The molecule has 4 heteroatoms. The molecule has 1 atom stereocenters. The third-order valence-corrected chi connectivity index (χ3v) is 1.71. The predicted molar refractivity (Wildman–Crippen MR) is 47.5 cm³/mol. The number of aliphatic carboxylic acids is 1. The van der Waals surface area contributed by atoms with Crippen LogP contribution in [0.25, 0.3) is 0 Å². The van der Waals surface area contributed by atoms with Gasteiger partial charge in [0.15, 0.2) is 0 Å². The molecule has 0 fully saturated rings. The Morgan fingerprint density at radius 1 is 1.62 bits per heavy atom. The van der Waals surface area contributed by atoms with E-state index in [1.54, 1.807) is 6.92 Å². The zero-order valence-corrected chi connectivity index (χ0v) is 9.01. The van der Waals surface area contributed by atoms with Gasteiger partial charge < -0.3 is 22.0 Å². The number of quaternary nitrogens is 1. The summed E-state index contributed by atoms with van der Waals surface area (Å²) in [6.45, 7) is 2.83. The highest BCUT2D eigenvalue weighted by Gasteiger charge is 2.22. The van der Waals surface area contributed by atoms with Crippen molar-refractivity contribution < 1.29 is 26.8 Å². The van der Waals surface area contributed by atoms with Crippen molar-refractivity contribution in [3.8, 4) is 12.3 Å². The van der Waals surface area contributed by atoms with E-state index in [0.29, 0.717) is 17.6 Å². The lowest BCUT2D eigenvalue weighted by molar-refractivity contribution is -0.885. The third kappa shape index (κ3) is 6.44. The molecule has 0 aromatic heterocycles. The van der Waals surface area contributed by atoms with Crippen LogP contribution in [-0.2, 0) is 4.79 Å². The summed E-state index contributed by atoms with van der Waals surface area (Å²) < 4.78 is 0.559. The molecule has 0 aliphatic heterocycles. The second-order valence-electron chi connectivity index (χ2n) is 3.72. The summed E-state index contributed by atoms with van der Waals surface area (Å²) >= 11 is 0. The van der Waals surface area contributed by atoms with Crippen LogP contribution in [0.1, 0.15) is 6.92 Å². The molecule has 0 bridgehead atoms. The molecule has 0 spiro atoms. The van der Waals surface area contributed by atoms with E-state index in [1.165, 1.54) is 0 Å². The second-order valence-corrected chi connectivity index (χ2v) is 3.72. The highest BCUT2D eigenvalue weighted by molar-refractivity contribution is 5.69. The van der Waals surface area contributed by atoms with E-state index in [4.69, 9.17) is 11.5 Å². The zero-order chi connectivity index (χ0) is 9.78. The summed E-state index contributed by atoms with van der Waals surface area (Å²) in [6.07, 6.45) is 5.15. The van der Waals surface area contributed by atoms with Crippen molar-refractivity contribution in [2.45, 2.75) is 6.92 Å². The Labute approximate surface area is 85.7 Å². The van der Waals surface area contributed by atoms with Crippen molar-refractivity contribution in [3.63, 3.8) is 0 Å². The Hall–Kier alpha value is -0.720. The summed E-state index contributed by atoms with van der Waals surface area (Å²) in [4.78, 5) is 10.5. The van der Waals surface area contributed by atoms with Crippen LogP contribution < -0.4 is 12.4 Å². The Bertz CT molecular complexity index is 208. The third-order valence-electron chi connectivity index (χ3n) is 1.71. The zero-order valence-electron chi connectivity index (χ0n) is 8.25. The largest absolute Gasteiger partial charge is 1.00 e. The van der Waals surface area contributed by atoms with Gasteiger partial charge in [-0.25, -0.2) is 0 Å². The summed E-state index contributed by atoms with van der Waals surface area (Å²) in [5, 5.41) is 8.65. The van der Waals surface area contributed by atoms with Gasteiger partial charge in [-0.2, -0.15) is 0 Å². The van der Waals surface area contributed by atoms with Gasteiger partial charge >= 0.3 is 5.97 Å². The lowest BCUT2D eigenvalue weighted by Gasteiger charge is -2.28. The molecular formula is C9H16ClNO2. The summed E-state index contributed by atoms with van der Waals surface area (Å²) in [6, 6.07) is 0. The van der Waals surface area contributed by atoms with Gasteiger partial charge in [-0.3, -0.25) is 4.79 Å². The molecule has 13 heavy (non-hydrogen) atoms. The molecule has 0 aromatic carbocycles. The van der Waals surface area contributed by atoms with E-state index < -0.39 is 5.97 Å². The first-order valence-electron chi connectivity index (χ1n) is 3.87. The summed E-state index contributed by atoms with van der Waals surface area (Å²) in [5.74, 6) is 1.43. The molecule has 1 N–H and O–H groups in total. The average Bonchev–Trinajstić information content (AvgIpc) is 1.85. The fourth-order valence-electron chi connectivity index (χ4n) is 1.13. The van der Waals surface area contributed by atoms with Crippen molar-refractivity contribution in [3.05, 3.63) is 0 Å². The van der Waals surface area contributed by atoms with Crippen LogP contribution in [0.5, 0.6) is 0 Å². The molecule has 0 amide bonds. The van der Waals surface area contributed by atoms with Gasteiger partial charge in [-0.05, 0) is 12.8 Å². The monoisotopic (exact) mass is 205 g/mol. The van der Waals surface area contributed by atoms with E-state index in [-0.39, 0.29) is 18.3 Å². The minimum Gasteiger partial charge on any atom is -1.00 e. The van der Waals surface area contributed by atoms with Crippen molar-refractivity contribution in [1.29, 1.82) is 0 Å². The number of rotatable bonds is 4. The Morgan fingerprint density at radius 2 is 2.08 bits per heavy atom. The maximum Gasteiger partial charge on any atom is 0.311 e. The Morgan fingerprint density at radius 3 is 2.38 bits per heavy atom. The van der Waals surface area contributed by atoms with Gasteiger partial charge in [0.25, 0.3) is 0 Å². The molecular weight excluding hydrogens is 190 g/mol. The molecule has 0 saturated heterocycles. The van der Waals surface area contributed by atoms with E-state index in [9.17, 15) is 4.79 Å². The van der Waals surface area contributed by atoms with E-state index >= 15 is 0 Å². The lowest BCUT2D eigenvalue weighted by atomic mass is 10.1. The standard InChI is InChI=1S/C9H15NO2.ClH/c1-5-6-10(3,4)7-8(2)9(11)12;/h1,8H,6-7H2,2-4H3;1H/t8-;/m1./s1. The number of carboxylic acids is 1. The minimum absolute atomic E-state index is 0. The van der Waals surface area contributed by atoms with Crippen molar-refractivity contribution >= 4 is 5.97 Å². The highest BCUT2D eigenvalue weighted by Crippen LogP contribution is 2.04. The Kier molecular flexibility index (Phi) is 6.65. The van der Waals surface area contributed by atoms with Gasteiger partial charge in [0.2, 0.25) is 0 Å². The van der Waals surface area contributed by atoms with Crippen LogP contribution in [0.15, 0.2) is 0 Å². The molecule has 0 rings (SSSR count). The maximum atomic E-state index is 10.5. The molecule has 0 heterocycles. The number of terminal acetylenes is 1. The first-order chi connectivity index (χ1) is 5.39. The van der Waals surface area contributed by atoms with Crippen LogP contribution in [0, 0.1) is 18.3 Å². The number of hydrogen-bond acceptors (Lipinski definition) is 1. The van der Waals surface area contributed by atoms with Gasteiger partial charge in [-0.15, -0.1) is 6.42 Å². The number of hydrogen-bond donors (Lipinski definition) is 1. The van der Waals surface area contributed by atoms with Crippen LogP contribution in [0.3, 0.4) is 0 Å². The summed E-state index contributed by atoms with van der Waals surface area (Å²) in [5.41, 5.74) is 0. The smallest absolute Gasteiger partial charge is 0.311 e. The average molecular weight is 206 g/mol. The quantitative estimate of drug-likeness (QED) is 0.405. The van der Waals surface area contributed by atoms with Gasteiger partial charge in [-0.1, -0.05) is 0 Å². The molecule has 0 unspecified atom stereocenters. The highest BCUT2D eigenvalue weighted by atomic mass is 35.5. The minimum atomic E-state index is -0.766. The van der Waals surface area contributed by atoms with Crippen LogP contribution in [0.2, 0.25) is 0 Å². The second kappa shape index (κ2) is 5.85. The van der Waals surface area contributed by atoms with Crippen molar-refractivity contribution in [2.24, 2.45) is 5.92 Å². The molecule has 3 nitrogen and oxygen atoms in total. The van der Waals surface area contributed by atoms with Gasteiger partial charge in [0.1, 0.15) is 12.5 Å².